The molecular weight excluding hydrogens is 375 g/mol. The largest absolute Gasteiger partial charge is 0.416 e. The van der Waals surface area contributed by atoms with Crippen molar-refractivity contribution in [1.82, 2.24) is 25.0 Å². The lowest BCUT2D eigenvalue weighted by atomic mass is 10.1. The van der Waals surface area contributed by atoms with E-state index in [2.05, 4.69) is 20.1 Å². The van der Waals surface area contributed by atoms with Gasteiger partial charge in [0, 0.05) is 44.6 Å². The maximum atomic E-state index is 12.6. The van der Waals surface area contributed by atoms with E-state index in [9.17, 15) is 22.8 Å². The number of amides is 1. The van der Waals surface area contributed by atoms with E-state index < -0.39 is 17.3 Å². The van der Waals surface area contributed by atoms with E-state index in [1.165, 1.54) is 12.1 Å². The number of aromatic nitrogens is 3. The number of aromatic amines is 1. The van der Waals surface area contributed by atoms with Gasteiger partial charge in [-0.05, 0) is 19.2 Å². The predicted octanol–water partition coefficient (Wildman–Crippen LogP) is 1.56. The molecule has 1 amide bonds. The Morgan fingerprint density at radius 1 is 1.11 bits per heavy atom. The van der Waals surface area contributed by atoms with Gasteiger partial charge >= 0.3 is 6.18 Å². The van der Waals surface area contributed by atoms with Crippen LogP contribution in [0.2, 0.25) is 0 Å². The smallest absolute Gasteiger partial charge is 0.340 e. The second-order valence-electron chi connectivity index (χ2n) is 6.71. The van der Waals surface area contributed by atoms with E-state index in [1.807, 2.05) is 7.05 Å². The highest BCUT2D eigenvalue weighted by atomic mass is 19.4. The van der Waals surface area contributed by atoms with Gasteiger partial charge in [-0.3, -0.25) is 9.59 Å². The van der Waals surface area contributed by atoms with Crippen LogP contribution >= 0.6 is 0 Å². The number of aryl methyl sites for hydroxylation is 1. The Balaban J connectivity index is 1.64. The van der Waals surface area contributed by atoms with Gasteiger partial charge in [-0.1, -0.05) is 12.1 Å². The van der Waals surface area contributed by atoms with Gasteiger partial charge in [0.1, 0.15) is 5.69 Å². The minimum Gasteiger partial charge on any atom is -0.340 e. The molecule has 1 aromatic carbocycles. The zero-order valence-corrected chi connectivity index (χ0v) is 15.3. The first-order valence-corrected chi connectivity index (χ1v) is 8.84. The number of hydrogen-bond acceptors (Lipinski definition) is 5. The van der Waals surface area contributed by atoms with Crippen LogP contribution in [0.4, 0.5) is 13.2 Å². The van der Waals surface area contributed by atoms with Crippen molar-refractivity contribution < 1.29 is 18.0 Å². The fourth-order valence-corrected chi connectivity index (χ4v) is 2.91. The van der Waals surface area contributed by atoms with Crippen LogP contribution < -0.4 is 5.56 Å². The van der Waals surface area contributed by atoms with Crippen LogP contribution in [-0.4, -0.2) is 64.1 Å². The Bertz CT molecular complexity index is 887. The number of halogens is 3. The van der Waals surface area contributed by atoms with Crippen molar-refractivity contribution in [3.8, 4) is 11.4 Å². The Hall–Kier alpha value is -2.75. The summed E-state index contributed by atoms with van der Waals surface area (Å²) in [7, 11) is 2.00. The molecule has 1 aromatic heterocycles. The van der Waals surface area contributed by atoms with Crippen molar-refractivity contribution in [1.29, 1.82) is 0 Å². The third-order valence-electron chi connectivity index (χ3n) is 4.68. The third-order valence-corrected chi connectivity index (χ3v) is 4.68. The first kappa shape index (κ1) is 20.0. The number of piperazine rings is 1. The van der Waals surface area contributed by atoms with E-state index in [-0.39, 0.29) is 30.3 Å². The quantitative estimate of drug-likeness (QED) is 0.850. The molecule has 2 heterocycles. The zero-order valence-electron chi connectivity index (χ0n) is 15.3. The molecule has 28 heavy (non-hydrogen) atoms. The summed E-state index contributed by atoms with van der Waals surface area (Å²) in [5.41, 5.74) is -0.850. The second-order valence-corrected chi connectivity index (χ2v) is 6.71. The number of nitrogens with one attached hydrogen (secondary N) is 1. The van der Waals surface area contributed by atoms with E-state index >= 15 is 0 Å². The van der Waals surface area contributed by atoms with Crippen LogP contribution in [0.15, 0.2) is 29.1 Å². The highest BCUT2D eigenvalue weighted by Gasteiger charge is 2.30. The molecule has 3 rings (SSSR count). The first-order valence-electron chi connectivity index (χ1n) is 8.84. The summed E-state index contributed by atoms with van der Waals surface area (Å²) in [4.78, 5) is 30.9. The molecule has 1 fully saturated rings. The van der Waals surface area contributed by atoms with Crippen molar-refractivity contribution >= 4 is 5.91 Å². The molecule has 0 unspecified atom stereocenters. The van der Waals surface area contributed by atoms with Crippen LogP contribution in [0.5, 0.6) is 0 Å². The van der Waals surface area contributed by atoms with Crippen molar-refractivity contribution in [2.45, 2.75) is 19.0 Å². The normalized spacial score (nSPS) is 15.6. The number of likely N-dealkylation sites (N-methyl/N-ethyl adjacent to an activating group) is 1. The topological polar surface area (TPSA) is 82.2 Å². The van der Waals surface area contributed by atoms with Gasteiger partial charge in [0.25, 0.3) is 5.56 Å². The summed E-state index contributed by atoms with van der Waals surface area (Å²) in [5.74, 6) is 0.0361. The van der Waals surface area contributed by atoms with Gasteiger partial charge in [-0.2, -0.15) is 13.2 Å². The zero-order chi connectivity index (χ0) is 20.3. The number of nitrogens with zero attached hydrogens (tertiary/aromatic N) is 4. The molecule has 0 aliphatic carbocycles. The minimum atomic E-state index is -4.43. The molecule has 1 saturated heterocycles. The van der Waals surface area contributed by atoms with Crippen LogP contribution in [-0.2, 0) is 17.4 Å². The van der Waals surface area contributed by atoms with E-state index in [0.29, 0.717) is 18.7 Å². The predicted molar refractivity (Wildman–Crippen MR) is 95.5 cm³/mol. The van der Waals surface area contributed by atoms with Crippen LogP contribution in [0, 0.1) is 0 Å². The second kappa shape index (κ2) is 8.09. The average molecular weight is 395 g/mol. The van der Waals surface area contributed by atoms with Crippen molar-refractivity contribution in [3.05, 3.63) is 45.9 Å². The number of hydrogen-bond donors (Lipinski definition) is 1. The Morgan fingerprint density at radius 3 is 2.32 bits per heavy atom. The summed E-state index contributed by atoms with van der Waals surface area (Å²) in [5, 5.41) is 7.74. The van der Waals surface area contributed by atoms with Gasteiger partial charge in [-0.15, -0.1) is 10.2 Å². The maximum absolute atomic E-state index is 12.6. The molecule has 1 N–H and O–H groups in total. The average Bonchev–Trinajstić information content (AvgIpc) is 2.67. The molecular formula is C18H20F3N5O2. The molecule has 0 radical (unpaired) electrons. The summed E-state index contributed by atoms with van der Waals surface area (Å²) < 4.78 is 37.9. The van der Waals surface area contributed by atoms with Crippen molar-refractivity contribution in [2.24, 2.45) is 0 Å². The molecule has 1 aliphatic rings. The van der Waals surface area contributed by atoms with Gasteiger partial charge in [-0.25, -0.2) is 0 Å². The molecule has 2 aromatic rings. The Morgan fingerprint density at radius 2 is 1.75 bits per heavy atom. The van der Waals surface area contributed by atoms with Crippen LogP contribution in [0.25, 0.3) is 11.4 Å². The van der Waals surface area contributed by atoms with E-state index in [0.717, 1.165) is 25.2 Å². The molecule has 150 valence electrons. The number of benzene rings is 1. The monoisotopic (exact) mass is 395 g/mol. The van der Waals surface area contributed by atoms with Crippen LogP contribution in [0.1, 0.15) is 17.7 Å². The number of carbonyl (C=O) groups excluding carboxylic acids is 1. The van der Waals surface area contributed by atoms with Gasteiger partial charge < -0.3 is 14.8 Å². The number of H-pyrrole nitrogens is 1. The highest BCUT2D eigenvalue weighted by Crippen LogP contribution is 2.30. The maximum Gasteiger partial charge on any atom is 0.416 e. The minimum absolute atomic E-state index is 0.0406. The fraction of sp³-hybridized carbons (Fsp3) is 0.444. The summed E-state index contributed by atoms with van der Waals surface area (Å²) in [6, 6.07) is 4.27. The lowest BCUT2D eigenvalue weighted by Crippen LogP contribution is -2.47. The fourth-order valence-electron chi connectivity index (χ4n) is 2.91. The van der Waals surface area contributed by atoms with E-state index in [1.54, 1.807) is 4.90 Å². The number of alkyl halides is 3. The Kier molecular flexibility index (Phi) is 5.78. The SMILES string of the molecule is CN1CCN(C(=O)CCc2nnc(-c3ccc(C(F)(F)F)cc3)[nH]c2=O)CC1. The molecule has 0 spiro atoms. The third kappa shape index (κ3) is 4.75. The summed E-state index contributed by atoms with van der Waals surface area (Å²) in [6.07, 6.45) is -4.13. The lowest BCUT2D eigenvalue weighted by Gasteiger charge is -2.32. The first-order chi connectivity index (χ1) is 13.2. The molecule has 0 atom stereocenters. The molecule has 10 heteroatoms. The molecule has 7 nitrogen and oxygen atoms in total. The standard InChI is InChI=1S/C18H20F3N5O2/c1-25-8-10-26(11-9-25)15(27)7-6-14-17(28)22-16(24-23-14)12-2-4-13(5-3-12)18(19,20)21/h2-5H,6-11H2,1H3,(H,22,24,28). The summed E-state index contributed by atoms with van der Waals surface area (Å²) >= 11 is 0. The van der Waals surface area contributed by atoms with Crippen LogP contribution in [0.3, 0.4) is 0 Å². The van der Waals surface area contributed by atoms with E-state index in [4.69, 9.17) is 0 Å². The molecule has 1 aliphatic heterocycles. The molecule has 0 bridgehead atoms. The molecule has 0 saturated carbocycles. The van der Waals surface area contributed by atoms with Crippen molar-refractivity contribution in [2.75, 3.05) is 33.2 Å². The lowest BCUT2D eigenvalue weighted by molar-refractivity contribution is -0.137. The van der Waals surface area contributed by atoms with Crippen molar-refractivity contribution in [3.63, 3.8) is 0 Å². The van der Waals surface area contributed by atoms with Gasteiger partial charge in [0.15, 0.2) is 5.82 Å². The number of carbonyl (C=O) groups is 1. The Labute approximate surface area is 159 Å². The summed E-state index contributed by atoms with van der Waals surface area (Å²) in [6.45, 7) is 2.94. The number of rotatable bonds is 4. The highest BCUT2D eigenvalue weighted by molar-refractivity contribution is 5.76. The van der Waals surface area contributed by atoms with Gasteiger partial charge in [0.05, 0.1) is 5.56 Å². The van der Waals surface area contributed by atoms with Gasteiger partial charge in [0.2, 0.25) is 5.91 Å².